The van der Waals surface area contributed by atoms with E-state index in [0.29, 0.717) is 11.3 Å². The number of aromatic nitrogens is 1. The number of benzene rings is 1. The summed E-state index contributed by atoms with van der Waals surface area (Å²) in [4.78, 5) is 4.08. The van der Waals surface area contributed by atoms with Gasteiger partial charge in [0.1, 0.15) is 10.6 Å². The summed E-state index contributed by atoms with van der Waals surface area (Å²) in [6.45, 7) is -0.0911. The molecule has 2 rings (SSSR count). The second kappa shape index (κ2) is 6.66. The number of pyridine rings is 1. The van der Waals surface area contributed by atoms with Crippen molar-refractivity contribution in [3.05, 3.63) is 53.9 Å². The van der Waals surface area contributed by atoms with Gasteiger partial charge in [0, 0.05) is 6.20 Å². The Morgan fingerprint density at radius 2 is 2.10 bits per heavy atom. The molecule has 0 aliphatic heterocycles. The molecule has 0 spiro atoms. The maximum atomic E-state index is 12.3. The van der Waals surface area contributed by atoms with Crippen LogP contribution in [0.2, 0.25) is 0 Å². The van der Waals surface area contributed by atoms with Gasteiger partial charge in [0.25, 0.3) is 0 Å². The summed E-state index contributed by atoms with van der Waals surface area (Å²) in [5, 5.41) is 9.07. The first-order chi connectivity index (χ1) is 10.1. The van der Waals surface area contributed by atoms with Crippen LogP contribution in [0.15, 0.2) is 47.5 Å². The van der Waals surface area contributed by atoms with E-state index in [4.69, 9.17) is 9.84 Å². The van der Waals surface area contributed by atoms with Crippen LogP contribution in [-0.2, 0) is 23.2 Å². The molecule has 0 atom stereocenters. The molecule has 0 fully saturated rings. The average Bonchev–Trinajstić information content (AvgIpc) is 2.53. The Labute approximate surface area is 123 Å². The Morgan fingerprint density at radius 1 is 1.29 bits per heavy atom. The molecule has 0 aliphatic rings. The maximum absolute atomic E-state index is 12.3. The molecular weight excluding hydrogens is 292 g/mol. The number of aliphatic hydroxyl groups is 1. The van der Waals surface area contributed by atoms with Gasteiger partial charge in [-0.25, -0.2) is 13.1 Å². The number of sulfonamides is 1. The van der Waals surface area contributed by atoms with Crippen LogP contribution in [-0.4, -0.2) is 25.6 Å². The van der Waals surface area contributed by atoms with Gasteiger partial charge in [-0.2, -0.15) is 0 Å². The second-order valence-electron chi connectivity index (χ2n) is 4.29. The zero-order valence-corrected chi connectivity index (χ0v) is 12.3. The molecule has 0 unspecified atom stereocenters. The molecule has 0 radical (unpaired) electrons. The van der Waals surface area contributed by atoms with Gasteiger partial charge >= 0.3 is 0 Å². The Balaban J connectivity index is 2.23. The van der Waals surface area contributed by atoms with Crippen LogP contribution < -0.4 is 9.46 Å². The number of nitrogens with zero attached hydrogens (tertiary/aromatic N) is 1. The van der Waals surface area contributed by atoms with Crippen LogP contribution in [0.5, 0.6) is 5.75 Å². The highest BCUT2D eigenvalue weighted by molar-refractivity contribution is 7.89. The maximum Gasteiger partial charge on any atom is 0.244 e. The number of hydrogen-bond donors (Lipinski definition) is 2. The van der Waals surface area contributed by atoms with Gasteiger partial charge in [-0.3, -0.25) is 4.98 Å². The average molecular weight is 308 g/mol. The molecular formula is C14H16N2O4S. The molecule has 2 N–H and O–H groups in total. The molecule has 21 heavy (non-hydrogen) atoms. The molecule has 112 valence electrons. The first-order valence-corrected chi connectivity index (χ1v) is 7.72. The van der Waals surface area contributed by atoms with Gasteiger partial charge in [-0.05, 0) is 29.8 Å². The summed E-state index contributed by atoms with van der Waals surface area (Å²) >= 11 is 0. The van der Waals surface area contributed by atoms with E-state index in [1.54, 1.807) is 24.4 Å². The lowest BCUT2D eigenvalue weighted by Gasteiger charge is -2.11. The fraction of sp³-hybridized carbons (Fsp3) is 0.214. The molecule has 0 saturated heterocycles. The Morgan fingerprint density at radius 3 is 2.71 bits per heavy atom. The minimum atomic E-state index is -3.72. The van der Waals surface area contributed by atoms with Gasteiger partial charge in [-0.1, -0.05) is 12.1 Å². The molecule has 0 aliphatic carbocycles. The first-order valence-electron chi connectivity index (χ1n) is 6.24. The minimum absolute atomic E-state index is 0.0260. The monoisotopic (exact) mass is 308 g/mol. The number of methoxy groups -OCH3 is 1. The minimum Gasteiger partial charge on any atom is -0.495 e. The summed E-state index contributed by atoms with van der Waals surface area (Å²) in [5.41, 5.74) is 1.20. The summed E-state index contributed by atoms with van der Waals surface area (Å²) in [6, 6.07) is 9.72. The van der Waals surface area contributed by atoms with Crippen LogP contribution in [0.4, 0.5) is 0 Å². The molecule has 0 bridgehead atoms. The van der Waals surface area contributed by atoms with E-state index in [1.807, 2.05) is 0 Å². The van der Waals surface area contributed by atoms with Gasteiger partial charge < -0.3 is 9.84 Å². The Kier molecular flexibility index (Phi) is 4.89. The highest BCUT2D eigenvalue weighted by Crippen LogP contribution is 2.25. The summed E-state index contributed by atoms with van der Waals surface area (Å²) in [6.07, 6.45) is 1.60. The Bertz CT molecular complexity index is 702. The standard InChI is InChI=1S/C14H16N2O4S/c1-20-13-8-11(10-17)5-6-14(13)21(18,19)16-9-12-4-2-3-7-15-12/h2-8,16-17H,9-10H2,1H3. The lowest BCUT2D eigenvalue weighted by Crippen LogP contribution is -2.24. The van der Waals surface area contributed by atoms with E-state index in [2.05, 4.69) is 9.71 Å². The van der Waals surface area contributed by atoms with Crippen molar-refractivity contribution in [1.29, 1.82) is 0 Å². The van der Waals surface area contributed by atoms with E-state index in [9.17, 15) is 8.42 Å². The number of ether oxygens (including phenoxy) is 1. The summed E-state index contributed by atoms with van der Waals surface area (Å²) in [5.74, 6) is 0.190. The largest absolute Gasteiger partial charge is 0.495 e. The third-order valence-electron chi connectivity index (χ3n) is 2.87. The zero-order chi connectivity index (χ0) is 15.3. The van der Waals surface area contributed by atoms with Crippen molar-refractivity contribution in [2.45, 2.75) is 18.0 Å². The Hall–Kier alpha value is -1.96. The molecule has 0 amide bonds. The molecule has 0 saturated carbocycles. The summed E-state index contributed by atoms with van der Waals surface area (Å²) < 4.78 is 32.2. The van der Waals surface area contributed by atoms with Crippen molar-refractivity contribution in [2.24, 2.45) is 0 Å². The lowest BCUT2D eigenvalue weighted by atomic mass is 10.2. The smallest absolute Gasteiger partial charge is 0.244 e. The van der Waals surface area contributed by atoms with Crippen molar-refractivity contribution >= 4 is 10.0 Å². The second-order valence-corrected chi connectivity index (χ2v) is 6.02. The normalized spacial score (nSPS) is 11.3. The molecule has 1 aromatic carbocycles. The van der Waals surface area contributed by atoms with Gasteiger partial charge in [-0.15, -0.1) is 0 Å². The quantitative estimate of drug-likeness (QED) is 0.833. The summed E-state index contributed by atoms with van der Waals surface area (Å²) in [7, 11) is -2.34. The van der Waals surface area contributed by atoms with E-state index in [0.717, 1.165) is 0 Å². The van der Waals surface area contributed by atoms with Crippen molar-refractivity contribution in [3.63, 3.8) is 0 Å². The predicted molar refractivity (Wildman–Crippen MR) is 77.2 cm³/mol. The van der Waals surface area contributed by atoms with Crippen molar-refractivity contribution in [1.82, 2.24) is 9.71 Å². The van der Waals surface area contributed by atoms with Gasteiger partial charge in [0.15, 0.2) is 0 Å². The van der Waals surface area contributed by atoms with Crippen molar-refractivity contribution in [2.75, 3.05) is 7.11 Å². The number of hydrogen-bond acceptors (Lipinski definition) is 5. The molecule has 1 aromatic heterocycles. The van der Waals surface area contributed by atoms with E-state index in [1.165, 1.54) is 25.3 Å². The van der Waals surface area contributed by atoms with E-state index >= 15 is 0 Å². The van der Waals surface area contributed by atoms with Crippen LogP contribution in [0, 0.1) is 0 Å². The van der Waals surface area contributed by atoms with Crippen molar-refractivity contribution < 1.29 is 18.3 Å². The van der Waals surface area contributed by atoms with Crippen molar-refractivity contribution in [3.8, 4) is 5.75 Å². The first kappa shape index (κ1) is 15.4. The number of aliphatic hydroxyl groups excluding tert-OH is 1. The number of nitrogens with one attached hydrogen (secondary N) is 1. The van der Waals surface area contributed by atoms with Crippen LogP contribution in [0.25, 0.3) is 0 Å². The highest BCUT2D eigenvalue weighted by Gasteiger charge is 2.19. The van der Waals surface area contributed by atoms with Gasteiger partial charge in [0.2, 0.25) is 10.0 Å². The van der Waals surface area contributed by atoms with Crippen LogP contribution >= 0.6 is 0 Å². The molecule has 1 heterocycles. The predicted octanol–water partition coefficient (Wildman–Crippen LogP) is 1.06. The molecule has 6 nitrogen and oxygen atoms in total. The zero-order valence-electron chi connectivity index (χ0n) is 11.5. The lowest BCUT2D eigenvalue weighted by molar-refractivity contribution is 0.280. The van der Waals surface area contributed by atoms with E-state index < -0.39 is 10.0 Å². The fourth-order valence-corrected chi connectivity index (χ4v) is 2.93. The van der Waals surface area contributed by atoms with E-state index in [-0.39, 0.29) is 23.8 Å². The third-order valence-corrected chi connectivity index (χ3v) is 4.31. The molecule has 7 heteroatoms. The van der Waals surface area contributed by atoms with Crippen LogP contribution in [0.1, 0.15) is 11.3 Å². The van der Waals surface area contributed by atoms with Crippen LogP contribution in [0.3, 0.4) is 0 Å². The topological polar surface area (TPSA) is 88.5 Å². The SMILES string of the molecule is COc1cc(CO)ccc1S(=O)(=O)NCc1ccccn1. The highest BCUT2D eigenvalue weighted by atomic mass is 32.2. The fourth-order valence-electron chi connectivity index (χ4n) is 1.78. The van der Waals surface area contributed by atoms with Gasteiger partial charge in [0.05, 0.1) is 26.0 Å². The molecule has 2 aromatic rings. The third kappa shape index (κ3) is 3.78. The number of rotatable bonds is 6.